The van der Waals surface area contributed by atoms with E-state index < -0.39 is 23.8 Å². The fraction of sp³-hybridized carbons (Fsp3) is 0.154. The Labute approximate surface area is 110 Å². The van der Waals surface area contributed by atoms with Crippen molar-refractivity contribution < 1.29 is 14.4 Å². The summed E-state index contributed by atoms with van der Waals surface area (Å²) in [5.41, 5.74) is 0.945. The third-order valence-electron chi connectivity index (χ3n) is 2.80. The first kappa shape index (κ1) is 12.8. The molecule has 1 aliphatic heterocycles. The van der Waals surface area contributed by atoms with Gasteiger partial charge >= 0.3 is 6.03 Å². The number of urea groups is 1. The van der Waals surface area contributed by atoms with Gasteiger partial charge in [-0.15, -0.1) is 0 Å². The minimum absolute atomic E-state index is 0.230. The van der Waals surface area contributed by atoms with Crippen LogP contribution >= 0.6 is 0 Å². The molecule has 1 aromatic carbocycles. The van der Waals surface area contributed by atoms with Crippen LogP contribution in [0.3, 0.4) is 0 Å². The number of benzene rings is 1. The number of carbonyl (C=O) groups is 3. The largest absolute Gasteiger partial charge is 0.358 e. The van der Waals surface area contributed by atoms with Crippen molar-refractivity contribution in [1.29, 1.82) is 0 Å². The first-order valence-corrected chi connectivity index (χ1v) is 5.64. The zero-order valence-corrected chi connectivity index (χ0v) is 10.3. The Kier molecular flexibility index (Phi) is 3.33. The van der Waals surface area contributed by atoms with Crippen LogP contribution in [0.4, 0.5) is 10.5 Å². The number of nitrogens with one attached hydrogen (secondary N) is 2. The van der Waals surface area contributed by atoms with Crippen LogP contribution in [0.5, 0.6) is 0 Å². The van der Waals surface area contributed by atoms with E-state index in [9.17, 15) is 14.4 Å². The van der Waals surface area contributed by atoms with Gasteiger partial charge in [0.05, 0.1) is 0 Å². The highest BCUT2D eigenvalue weighted by molar-refractivity contribution is 6.17. The first-order chi connectivity index (χ1) is 9.00. The monoisotopic (exact) mass is 259 g/mol. The van der Waals surface area contributed by atoms with Gasteiger partial charge in [0.25, 0.3) is 0 Å². The molecule has 0 radical (unpaired) electrons. The van der Waals surface area contributed by atoms with E-state index in [4.69, 9.17) is 0 Å². The summed E-state index contributed by atoms with van der Waals surface area (Å²) in [6, 6.07) is 8.32. The summed E-state index contributed by atoms with van der Waals surface area (Å²) in [7, 11) is 1.31. The SMILES string of the molecule is C=C(Nc1ccccc1)[C@@H]1C(=O)NC(=O)N(C)C1=O. The maximum Gasteiger partial charge on any atom is 0.330 e. The first-order valence-electron chi connectivity index (χ1n) is 5.64. The van der Waals surface area contributed by atoms with E-state index in [1.54, 1.807) is 12.1 Å². The summed E-state index contributed by atoms with van der Waals surface area (Å²) in [5.74, 6) is -2.37. The van der Waals surface area contributed by atoms with Crippen molar-refractivity contribution in [1.82, 2.24) is 10.2 Å². The van der Waals surface area contributed by atoms with Gasteiger partial charge in [0.1, 0.15) is 0 Å². The summed E-state index contributed by atoms with van der Waals surface area (Å²) in [6.07, 6.45) is 0. The van der Waals surface area contributed by atoms with E-state index in [1.165, 1.54) is 7.05 Å². The molecule has 1 saturated heterocycles. The van der Waals surface area contributed by atoms with E-state index in [0.717, 1.165) is 4.90 Å². The van der Waals surface area contributed by atoms with Crippen molar-refractivity contribution in [2.45, 2.75) is 0 Å². The highest BCUT2D eigenvalue weighted by Gasteiger charge is 2.40. The van der Waals surface area contributed by atoms with Crippen LogP contribution in [0.15, 0.2) is 42.6 Å². The van der Waals surface area contributed by atoms with Crippen LogP contribution < -0.4 is 10.6 Å². The lowest BCUT2D eigenvalue weighted by Crippen LogP contribution is -2.57. The van der Waals surface area contributed by atoms with E-state index in [1.807, 2.05) is 18.2 Å². The van der Waals surface area contributed by atoms with Crippen molar-refractivity contribution in [3.05, 3.63) is 42.6 Å². The summed E-state index contributed by atoms with van der Waals surface area (Å²) in [4.78, 5) is 35.8. The molecule has 4 amide bonds. The highest BCUT2D eigenvalue weighted by atomic mass is 16.2. The van der Waals surface area contributed by atoms with E-state index in [2.05, 4.69) is 17.2 Å². The second-order valence-electron chi connectivity index (χ2n) is 4.14. The molecular formula is C13H13N3O3. The molecule has 1 atom stereocenters. The molecule has 1 aromatic rings. The van der Waals surface area contributed by atoms with Crippen LogP contribution in [0.25, 0.3) is 0 Å². The van der Waals surface area contributed by atoms with Crippen LogP contribution in [0.1, 0.15) is 0 Å². The van der Waals surface area contributed by atoms with Gasteiger partial charge in [-0.05, 0) is 12.1 Å². The number of nitrogens with zero attached hydrogens (tertiary/aromatic N) is 1. The fourth-order valence-corrected chi connectivity index (χ4v) is 1.75. The molecule has 1 aliphatic rings. The van der Waals surface area contributed by atoms with Gasteiger partial charge in [-0.3, -0.25) is 19.8 Å². The Morgan fingerprint density at radius 1 is 1.26 bits per heavy atom. The number of para-hydroxylation sites is 1. The molecule has 0 bridgehead atoms. The van der Waals surface area contributed by atoms with Crippen LogP contribution in [0.2, 0.25) is 0 Å². The Balaban J connectivity index is 2.16. The summed E-state index contributed by atoms with van der Waals surface area (Å²) in [6.45, 7) is 3.70. The second-order valence-corrected chi connectivity index (χ2v) is 4.14. The predicted molar refractivity (Wildman–Crippen MR) is 69.0 cm³/mol. The highest BCUT2D eigenvalue weighted by Crippen LogP contribution is 2.19. The molecule has 0 aliphatic carbocycles. The molecule has 1 fully saturated rings. The van der Waals surface area contributed by atoms with Gasteiger partial charge in [-0.25, -0.2) is 4.79 Å². The van der Waals surface area contributed by atoms with Gasteiger partial charge < -0.3 is 5.32 Å². The number of rotatable bonds is 3. The summed E-state index contributed by atoms with van der Waals surface area (Å²) < 4.78 is 0. The quantitative estimate of drug-likeness (QED) is 0.792. The zero-order valence-electron chi connectivity index (χ0n) is 10.3. The normalized spacial score (nSPS) is 19.1. The molecule has 0 spiro atoms. The molecule has 6 nitrogen and oxygen atoms in total. The van der Waals surface area contributed by atoms with Crippen molar-refractivity contribution in [2.75, 3.05) is 12.4 Å². The molecule has 0 aromatic heterocycles. The summed E-state index contributed by atoms with van der Waals surface area (Å²) in [5, 5.41) is 5.00. The maximum atomic E-state index is 11.9. The number of hydrogen-bond donors (Lipinski definition) is 2. The zero-order chi connectivity index (χ0) is 14.0. The number of barbiturate groups is 1. The molecule has 0 saturated carbocycles. The Hall–Kier alpha value is -2.63. The van der Waals surface area contributed by atoms with Gasteiger partial charge in [0.15, 0.2) is 5.92 Å². The van der Waals surface area contributed by atoms with Crippen molar-refractivity contribution >= 4 is 23.5 Å². The number of hydrogen-bond acceptors (Lipinski definition) is 4. The maximum absolute atomic E-state index is 11.9. The fourth-order valence-electron chi connectivity index (χ4n) is 1.75. The van der Waals surface area contributed by atoms with E-state index in [-0.39, 0.29) is 5.70 Å². The number of anilines is 1. The van der Waals surface area contributed by atoms with Crippen LogP contribution in [-0.2, 0) is 9.59 Å². The number of carbonyl (C=O) groups excluding carboxylic acids is 3. The lowest BCUT2D eigenvalue weighted by Gasteiger charge is -2.28. The van der Waals surface area contributed by atoms with Gasteiger partial charge in [0, 0.05) is 18.4 Å². The molecular weight excluding hydrogens is 246 g/mol. The average molecular weight is 259 g/mol. The molecule has 6 heteroatoms. The molecule has 98 valence electrons. The predicted octanol–water partition coefficient (Wildman–Crippen LogP) is 0.937. The summed E-state index contributed by atoms with van der Waals surface area (Å²) >= 11 is 0. The smallest absolute Gasteiger partial charge is 0.330 e. The molecule has 2 N–H and O–H groups in total. The van der Waals surface area contributed by atoms with Crippen LogP contribution in [-0.4, -0.2) is 29.8 Å². The molecule has 19 heavy (non-hydrogen) atoms. The minimum Gasteiger partial charge on any atom is -0.358 e. The van der Waals surface area contributed by atoms with Gasteiger partial charge in [0.2, 0.25) is 11.8 Å². The topological polar surface area (TPSA) is 78.5 Å². The minimum atomic E-state index is -1.11. The van der Waals surface area contributed by atoms with Crippen LogP contribution in [0, 0.1) is 5.92 Å². The molecule has 0 unspecified atom stereocenters. The molecule has 1 heterocycles. The Morgan fingerprint density at radius 3 is 2.53 bits per heavy atom. The second kappa shape index (κ2) is 4.93. The van der Waals surface area contributed by atoms with E-state index >= 15 is 0 Å². The standard InChI is InChI=1S/C13H13N3O3/c1-8(14-9-6-4-3-5-7-9)10-11(17)15-13(19)16(2)12(10)18/h3-7,10,14H,1H2,2H3,(H,15,17,19)/t10-/m1/s1. The number of imide groups is 2. The van der Waals surface area contributed by atoms with E-state index in [0.29, 0.717) is 5.69 Å². The lowest BCUT2D eigenvalue weighted by molar-refractivity contribution is -0.139. The van der Waals surface area contributed by atoms with Crippen molar-refractivity contribution in [2.24, 2.45) is 5.92 Å². The van der Waals surface area contributed by atoms with Gasteiger partial charge in [-0.1, -0.05) is 24.8 Å². The Morgan fingerprint density at radius 2 is 1.89 bits per heavy atom. The lowest BCUT2D eigenvalue weighted by atomic mass is 10.0. The third kappa shape index (κ3) is 2.47. The van der Waals surface area contributed by atoms with Gasteiger partial charge in [-0.2, -0.15) is 0 Å². The average Bonchev–Trinajstić information content (AvgIpc) is 2.37. The van der Waals surface area contributed by atoms with Crippen molar-refractivity contribution in [3.63, 3.8) is 0 Å². The number of amides is 4. The van der Waals surface area contributed by atoms with Crippen molar-refractivity contribution in [3.8, 4) is 0 Å². The third-order valence-corrected chi connectivity index (χ3v) is 2.80. The molecule has 2 rings (SSSR count). The Bertz CT molecular complexity index is 554.